The van der Waals surface area contributed by atoms with Gasteiger partial charge in [-0.1, -0.05) is 68.8 Å². The molecule has 0 heterocycles. The lowest BCUT2D eigenvalue weighted by atomic mass is 9.83. The Labute approximate surface area is 207 Å². The fourth-order valence-corrected chi connectivity index (χ4v) is 4.38. The van der Waals surface area contributed by atoms with Crippen molar-refractivity contribution in [3.63, 3.8) is 0 Å². The molecule has 0 saturated heterocycles. The Morgan fingerprint density at radius 3 is 2.29 bits per heavy atom. The topological polar surface area (TPSA) is 125 Å². The van der Waals surface area contributed by atoms with Crippen molar-refractivity contribution in [2.24, 2.45) is 23.3 Å². The van der Waals surface area contributed by atoms with Crippen LogP contribution in [0.5, 0.6) is 0 Å². The molecule has 0 saturated carbocycles. The summed E-state index contributed by atoms with van der Waals surface area (Å²) in [7, 11) is 0. The summed E-state index contributed by atoms with van der Waals surface area (Å²) in [6, 6.07) is 22.9. The quantitative estimate of drug-likeness (QED) is 0.213. The average Bonchev–Trinajstić information content (AvgIpc) is 2.90. The van der Waals surface area contributed by atoms with Crippen molar-refractivity contribution in [1.29, 1.82) is 5.41 Å². The molecule has 0 aromatic heterocycles. The molecule has 3 rings (SSSR count). The zero-order chi connectivity index (χ0) is 25.4. The van der Waals surface area contributed by atoms with Crippen LogP contribution in [0.15, 0.2) is 72.8 Å². The van der Waals surface area contributed by atoms with Gasteiger partial charge in [0.05, 0.1) is 0 Å². The summed E-state index contributed by atoms with van der Waals surface area (Å²) in [6.45, 7) is 4.60. The molecule has 1 amide bonds. The van der Waals surface area contributed by atoms with E-state index in [0.717, 1.165) is 28.7 Å². The van der Waals surface area contributed by atoms with Gasteiger partial charge in [-0.05, 0) is 58.9 Å². The number of nitrogens with one attached hydrogen (secondary N) is 2. The van der Waals surface area contributed by atoms with E-state index in [4.69, 9.17) is 16.9 Å². The number of carbonyl (C=O) groups excluding carboxylic acids is 1. The second-order valence-corrected chi connectivity index (χ2v) is 9.13. The number of amides is 1. The average molecular weight is 473 g/mol. The Bertz CT molecular complexity index is 1140. The van der Waals surface area contributed by atoms with Crippen LogP contribution in [0.1, 0.15) is 47.3 Å². The second kappa shape index (κ2) is 12.3. The van der Waals surface area contributed by atoms with Gasteiger partial charge >= 0.3 is 0 Å². The number of hydrogen-bond donors (Lipinski definition) is 5. The normalized spacial score (nSPS) is 13.6. The molecule has 3 unspecified atom stereocenters. The summed E-state index contributed by atoms with van der Waals surface area (Å²) in [6.07, 6.45) is 1.44. The molecule has 6 heteroatoms. The summed E-state index contributed by atoms with van der Waals surface area (Å²) >= 11 is 0. The first-order chi connectivity index (χ1) is 16.9. The van der Waals surface area contributed by atoms with Gasteiger partial charge in [0.2, 0.25) is 0 Å². The summed E-state index contributed by atoms with van der Waals surface area (Å²) < 4.78 is 0. The minimum Gasteiger partial charge on any atom is -0.396 e. The zero-order valence-corrected chi connectivity index (χ0v) is 20.5. The molecule has 0 aliphatic rings. The van der Waals surface area contributed by atoms with E-state index in [-0.39, 0.29) is 36.2 Å². The zero-order valence-electron chi connectivity index (χ0n) is 20.5. The first kappa shape index (κ1) is 26.1. The van der Waals surface area contributed by atoms with E-state index in [1.165, 1.54) is 0 Å². The molecule has 3 aromatic rings. The Kier molecular flexibility index (Phi) is 9.18. The van der Waals surface area contributed by atoms with E-state index in [1.807, 2.05) is 60.7 Å². The van der Waals surface area contributed by atoms with Crippen molar-refractivity contribution in [2.45, 2.75) is 39.3 Å². The van der Waals surface area contributed by atoms with Crippen molar-refractivity contribution in [3.05, 3.63) is 95.1 Å². The number of benzene rings is 3. The van der Waals surface area contributed by atoms with Gasteiger partial charge < -0.3 is 21.9 Å². The predicted molar refractivity (Wildman–Crippen MR) is 142 cm³/mol. The molecular formula is C29H36N4O2. The third-order valence-corrected chi connectivity index (χ3v) is 6.68. The highest BCUT2D eigenvalue weighted by atomic mass is 16.3. The fraction of sp³-hybridized carbons (Fsp3) is 0.310. The highest BCUT2D eigenvalue weighted by Crippen LogP contribution is 2.24. The highest BCUT2D eigenvalue weighted by molar-refractivity contribution is 5.95. The predicted octanol–water partition coefficient (Wildman–Crippen LogP) is 4.09. The summed E-state index contributed by atoms with van der Waals surface area (Å²) in [4.78, 5) is 13.2. The van der Waals surface area contributed by atoms with E-state index >= 15 is 0 Å². The van der Waals surface area contributed by atoms with Crippen LogP contribution in [0.3, 0.4) is 0 Å². The highest BCUT2D eigenvalue weighted by Gasteiger charge is 2.28. The number of hydrogen-bond acceptors (Lipinski definition) is 4. The summed E-state index contributed by atoms with van der Waals surface area (Å²) in [5.41, 5.74) is 16.7. The minimum atomic E-state index is -0.209. The van der Waals surface area contributed by atoms with Gasteiger partial charge in [-0.15, -0.1) is 0 Å². The summed E-state index contributed by atoms with van der Waals surface area (Å²) in [5.74, 6) is -0.148. The van der Waals surface area contributed by atoms with Gasteiger partial charge in [0, 0.05) is 36.2 Å². The van der Waals surface area contributed by atoms with Crippen LogP contribution in [0.4, 0.5) is 0 Å². The minimum absolute atomic E-state index is 0.0115. The standard InChI is InChI=1S/C29H36N4O2/c1-3-19(2)27(26(18-34)15-20-6-4-9-25(14-20)28(31)32)33-29(35)23-12-10-22(11-13-23)24-8-5-7-21(16-24)17-30/h4-14,16,19,26-27,34H,3,15,17-18,30H2,1-2H3,(H3,31,32)(H,33,35). The van der Waals surface area contributed by atoms with Crippen LogP contribution >= 0.6 is 0 Å². The monoisotopic (exact) mass is 472 g/mol. The molecule has 0 bridgehead atoms. The molecule has 3 aromatic carbocycles. The van der Waals surface area contributed by atoms with Gasteiger partial charge in [-0.25, -0.2) is 0 Å². The van der Waals surface area contributed by atoms with Gasteiger partial charge in [0.25, 0.3) is 5.91 Å². The number of rotatable bonds is 11. The molecule has 7 N–H and O–H groups in total. The first-order valence-electron chi connectivity index (χ1n) is 12.1. The van der Waals surface area contributed by atoms with Crippen LogP contribution in [0.25, 0.3) is 11.1 Å². The number of nitrogen functional groups attached to an aromatic ring is 1. The van der Waals surface area contributed by atoms with Gasteiger partial charge in [0.15, 0.2) is 0 Å². The lowest BCUT2D eigenvalue weighted by molar-refractivity contribution is 0.0867. The van der Waals surface area contributed by atoms with Gasteiger partial charge in [-0.3, -0.25) is 10.2 Å². The SMILES string of the molecule is CCC(C)C(NC(=O)c1ccc(-c2cccc(CN)c2)cc1)C(CO)Cc1cccc(C(=N)N)c1. The molecular weight excluding hydrogens is 436 g/mol. The van der Waals surface area contributed by atoms with E-state index in [2.05, 4.69) is 25.2 Å². The number of nitrogens with two attached hydrogens (primary N) is 2. The largest absolute Gasteiger partial charge is 0.396 e. The second-order valence-electron chi connectivity index (χ2n) is 9.13. The van der Waals surface area contributed by atoms with Crippen molar-refractivity contribution >= 4 is 11.7 Å². The summed E-state index contributed by atoms with van der Waals surface area (Å²) in [5, 5.41) is 21.1. The Morgan fingerprint density at radius 1 is 0.971 bits per heavy atom. The number of carbonyl (C=O) groups is 1. The van der Waals surface area contributed by atoms with Crippen LogP contribution in [0.2, 0.25) is 0 Å². The Hall–Kier alpha value is -3.48. The number of aliphatic hydroxyl groups excluding tert-OH is 1. The third kappa shape index (κ3) is 6.78. The molecule has 3 atom stereocenters. The number of aliphatic hydroxyl groups is 1. The van der Waals surface area contributed by atoms with Gasteiger partial charge in [-0.2, -0.15) is 0 Å². The first-order valence-corrected chi connectivity index (χ1v) is 12.1. The molecule has 0 aliphatic heterocycles. The molecule has 0 fully saturated rings. The molecule has 0 radical (unpaired) electrons. The maximum Gasteiger partial charge on any atom is 0.251 e. The molecule has 0 spiro atoms. The van der Waals surface area contributed by atoms with Gasteiger partial charge in [0.1, 0.15) is 5.84 Å². The lowest BCUT2D eigenvalue weighted by Crippen LogP contribution is -2.46. The third-order valence-electron chi connectivity index (χ3n) is 6.68. The van der Waals surface area contributed by atoms with E-state index < -0.39 is 0 Å². The van der Waals surface area contributed by atoms with E-state index in [0.29, 0.717) is 24.1 Å². The van der Waals surface area contributed by atoms with Crippen molar-refractivity contribution in [3.8, 4) is 11.1 Å². The Morgan fingerprint density at radius 2 is 1.66 bits per heavy atom. The number of amidine groups is 1. The van der Waals surface area contributed by atoms with Crippen molar-refractivity contribution in [2.75, 3.05) is 6.61 Å². The van der Waals surface area contributed by atoms with Crippen LogP contribution in [0, 0.1) is 17.2 Å². The van der Waals surface area contributed by atoms with E-state index in [1.54, 1.807) is 6.07 Å². The maximum absolute atomic E-state index is 13.2. The van der Waals surface area contributed by atoms with Crippen LogP contribution in [-0.2, 0) is 13.0 Å². The maximum atomic E-state index is 13.2. The van der Waals surface area contributed by atoms with Crippen LogP contribution < -0.4 is 16.8 Å². The Balaban J connectivity index is 1.77. The van der Waals surface area contributed by atoms with Crippen molar-refractivity contribution < 1.29 is 9.90 Å². The molecule has 184 valence electrons. The smallest absolute Gasteiger partial charge is 0.251 e. The molecule has 35 heavy (non-hydrogen) atoms. The lowest BCUT2D eigenvalue weighted by Gasteiger charge is -2.31. The van der Waals surface area contributed by atoms with Crippen molar-refractivity contribution in [1.82, 2.24) is 5.32 Å². The van der Waals surface area contributed by atoms with E-state index in [9.17, 15) is 9.90 Å². The molecule has 0 aliphatic carbocycles. The molecule has 6 nitrogen and oxygen atoms in total. The fourth-order valence-electron chi connectivity index (χ4n) is 4.38. The van der Waals surface area contributed by atoms with Crippen LogP contribution in [-0.4, -0.2) is 29.5 Å².